The zero-order chi connectivity index (χ0) is 19.5. The first-order chi connectivity index (χ1) is 13.1. The van der Waals surface area contributed by atoms with E-state index in [-0.39, 0.29) is 41.6 Å². The van der Waals surface area contributed by atoms with Crippen LogP contribution in [-0.4, -0.2) is 69.4 Å². The van der Waals surface area contributed by atoms with Crippen molar-refractivity contribution in [2.75, 3.05) is 52.5 Å². The lowest BCUT2D eigenvalue weighted by atomic mass is 10.1. The average molecular weight is 508 g/mol. The summed E-state index contributed by atoms with van der Waals surface area (Å²) in [5.41, 5.74) is 0. The van der Waals surface area contributed by atoms with E-state index in [2.05, 4.69) is 27.4 Å². The Morgan fingerprint density at radius 1 is 1.25 bits per heavy atom. The smallest absolute Gasteiger partial charge is 0.191 e. The van der Waals surface area contributed by atoms with Crippen molar-refractivity contribution in [3.8, 4) is 5.75 Å². The summed E-state index contributed by atoms with van der Waals surface area (Å²) in [4.78, 5) is 7.11. The van der Waals surface area contributed by atoms with Gasteiger partial charge in [0.25, 0.3) is 0 Å². The van der Waals surface area contributed by atoms with Gasteiger partial charge in [0.15, 0.2) is 17.5 Å². The number of halogens is 2. The van der Waals surface area contributed by atoms with Crippen LogP contribution in [0, 0.1) is 11.7 Å². The first-order valence-electron chi connectivity index (χ1n) is 9.82. The van der Waals surface area contributed by atoms with Crippen molar-refractivity contribution in [1.29, 1.82) is 0 Å². The standard InChI is InChI=1S/C20H33FN4O2.HI/c1-4-22-20(23-13-16(2)15-25-9-11-26-12-10-25)24-14-17(3)27-19-8-6-5-7-18(19)21;/h5-8,16-17H,4,9-15H2,1-3H3,(H2,22,23,24);1H. The van der Waals surface area contributed by atoms with Gasteiger partial charge in [-0.05, 0) is 31.9 Å². The summed E-state index contributed by atoms with van der Waals surface area (Å²) in [7, 11) is 0. The van der Waals surface area contributed by atoms with Gasteiger partial charge >= 0.3 is 0 Å². The van der Waals surface area contributed by atoms with Crippen LogP contribution < -0.4 is 15.4 Å². The molecule has 6 nitrogen and oxygen atoms in total. The van der Waals surface area contributed by atoms with Crippen LogP contribution in [-0.2, 0) is 4.74 Å². The van der Waals surface area contributed by atoms with Gasteiger partial charge in [0.2, 0.25) is 0 Å². The molecule has 2 rings (SSSR count). The monoisotopic (exact) mass is 508 g/mol. The van der Waals surface area contributed by atoms with Crippen LogP contribution in [0.15, 0.2) is 29.3 Å². The molecule has 1 aromatic rings. The quantitative estimate of drug-likeness (QED) is 0.305. The molecule has 0 bridgehead atoms. The van der Waals surface area contributed by atoms with Gasteiger partial charge in [0.05, 0.1) is 19.8 Å². The molecule has 0 amide bonds. The zero-order valence-corrected chi connectivity index (χ0v) is 19.4. The van der Waals surface area contributed by atoms with Crippen molar-refractivity contribution in [3.63, 3.8) is 0 Å². The minimum atomic E-state index is -0.345. The molecule has 1 aromatic carbocycles. The summed E-state index contributed by atoms with van der Waals surface area (Å²) >= 11 is 0. The van der Waals surface area contributed by atoms with Gasteiger partial charge in [0, 0.05) is 32.7 Å². The third kappa shape index (κ3) is 9.38. The minimum Gasteiger partial charge on any atom is -0.486 e. The lowest BCUT2D eigenvalue weighted by Crippen LogP contribution is -2.42. The van der Waals surface area contributed by atoms with E-state index >= 15 is 0 Å². The second-order valence-electron chi connectivity index (χ2n) is 6.98. The maximum absolute atomic E-state index is 13.7. The third-order valence-corrected chi connectivity index (χ3v) is 4.30. The molecule has 1 heterocycles. The van der Waals surface area contributed by atoms with Crippen molar-refractivity contribution < 1.29 is 13.9 Å². The fraction of sp³-hybridized carbons (Fsp3) is 0.650. The van der Waals surface area contributed by atoms with E-state index in [1.165, 1.54) is 6.07 Å². The number of aliphatic imine (C=N–C) groups is 1. The van der Waals surface area contributed by atoms with E-state index in [0.717, 1.165) is 51.9 Å². The lowest BCUT2D eigenvalue weighted by Gasteiger charge is -2.28. The Bertz CT molecular complexity index is 585. The second-order valence-corrected chi connectivity index (χ2v) is 6.98. The highest BCUT2D eigenvalue weighted by Gasteiger charge is 2.14. The molecular formula is C20H34FIN4O2. The number of benzene rings is 1. The van der Waals surface area contributed by atoms with Crippen molar-refractivity contribution in [2.24, 2.45) is 10.9 Å². The van der Waals surface area contributed by atoms with Crippen molar-refractivity contribution >= 4 is 29.9 Å². The number of rotatable bonds is 9. The van der Waals surface area contributed by atoms with Crippen LogP contribution in [0.3, 0.4) is 0 Å². The Labute approximate surface area is 185 Å². The Morgan fingerprint density at radius 3 is 2.64 bits per heavy atom. The predicted molar refractivity (Wildman–Crippen MR) is 122 cm³/mol. The molecule has 0 aromatic heterocycles. The van der Waals surface area contributed by atoms with Crippen LogP contribution in [0.1, 0.15) is 20.8 Å². The van der Waals surface area contributed by atoms with Gasteiger partial charge in [-0.1, -0.05) is 19.1 Å². The first-order valence-corrected chi connectivity index (χ1v) is 9.82. The molecule has 1 aliphatic heterocycles. The molecule has 0 spiro atoms. The van der Waals surface area contributed by atoms with Crippen LogP contribution in [0.2, 0.25) is 0 Å². The Hall–Kier alpha value is -1.13. The van der Waals surface area contributed by atoms with Gasteiger partial charge in [0.1, 0.15) is 6.10 Å². The molecule has 0 saturated carbocycles. The molecule has 0 radical (unpaired) electrons. The number of hydrogen-bond acceptors (Lipinski definition) is 4. The summed E-state index contributed by atoms with van der Waals surface area (Å²) < 4.78 is 24.7. The number of hydrogen-bond donors (Lipinski definition) is 2. The van der Waals surface area contributed by atoms with Gasteiger partial charge < -0.3 is 20.1 Å². The lowest BCUT2D eigenvalue weighted by molar-refractivity contribution is 0.0323. The highest BCUT2D eigenvalue weighted by molar-refractivity contribution is 14.0. The summed E-state index contributed by atoms with van der Waals surface area (Å²) in [6, 6.07) is 6.45. The number of nitrogens with zero attached hydrogens (tertiary/aromatic N) is 2. The summed E-state index contributed by atoms with van der Waals surface area (Å²) in [5.74, 6) is 1.15. The van der Waals surface area contributed by atoms with E-state index < -0.39 is 0 Å². The minimum absolute atomic E-state index is 0. The fourth-order valence-electron chi connectivity index (χ4n) is 2.91. The van der Waals surface area contributed by atoms with E-state index in [4.69, 9.17) is 9.47 Å². The molecule has 1 fully saturated rings. The molecular weight excluding hydrogens is 474 g/mol. The fourth-order valence-corrected chi connectivity index (χ4v) is 2.91. The molecule has 2 atom stereocenters. The molecule has 2 unspecified atom stereocenters. The van der Waals surface area contributed by atoms with Gasteiger partial charge in [-0.15, -0.1) is 24.0 Å². The molecule has 160 valence electrons. The van der Waals surface area contributed by atoms with Crippen molar-refractivity contribution in [1.82, 2.24) is 15.5 Å². The summed E-state index contributed by atoms with van der Waals surface area (Å²) in [6.07, 6.45) is -0.184. The first kappa shape index (κ1) is 24.9. The number of nitrogens with one attached hydrogen (secondary N) is 2. The molecule has 1 aliphatic rings. The van der Waals surface area contributed by atoms with Crippen LogP contribution >= 0.6 is 24.0 Å². The normalized spacial score (nSPS) is 17.4. The van der Waals surface area contributed by atoms with E-state index in [0.29, 0.717) is 12.5 Å². The predicted octanol–water partition coefficient (Wildman–Crippen LogP) is 2.73. The molecule has 0 aliphatic carbocycles. The molecule has 8 heteroatoms. The number of guanidine groups is 1. The van der Waals surface area contributed by atoms with E-state index in [1.807, 2.05) is 13.8 Å². The average Bonchev–Trinajstić information content (AvgIpc) is 2.66. The molecule has 28 heavy (non-hydrogen) atoms. The van der Waals surface area contributed by atoms with Crippen LogP contribution in [0.4, 0.5) is 4.39 Å². The van der Waals surface area contributed by atoms with Gasteiger partial charge in [-0.3, -0.25) is 9.89 Å². The van der Waals surface area contributed by atoms with Crippen molar-refractivity contribution in [2.45, 2.75) is 26.9 Å². The maximum atomic E-state index is 13.7. The number of ether oxygens (including phenoxy) is 2. The van der Waals surface area contributed by atoms with Gasteiger partial charge in [-0.25, -0.2) is 4.39 Å². The SMILES string of the molecule is CCNC(=NCC(C)CN1CCOCC1)NCC(C)Oc1ccccc1F.I. The van der Waals surface area contributed by atoms with Gasteiger partial charge in [-0.2, -0.15) is 0 Å². The molecule has 2 N–H and O–H groups in total. The number of morpholine rings is 1. The third-order valence-electron chi connectivity index (χ3n) is 4.30. The molecule has 1 saturated heterocycles. The largest absolute Gasteiger partial charge is 0.486 e. The van der Waals surface area contributed by atoms with Crippen LogP contribution in [0.5, 0.6) is 5.75 Å². The van der Waals surface area contributed by atoms with E-state index in [1.54, 1.807) is 18.2 Å². The Morgan fingerprint density at radius 2 is 1.96 bits per heavy atom. The van der Waals surface area contributed by atoms with Crippen molar-refractivity contribution in [3.05, 3.63) is 30.1 Å². The topological polar surface area (TPSA) is 58.1 Å². The van der Waals surface area contributed by atoms with E-state index in [9.17, 15) is 4.39 Å². The van der Waals surface area contributed by atoms with Crippen LogP contribution in [0.25, 0.3) is 0 Å². The Kier molecular flexibility index (Phi) is 12.4. The number of para-hydroxylation sites is 1. The highest BCUT2D eigenvalue weighted by atomic mass is 127. The summed E-state index contributed by atoms with van der Waals surface area (Å²) in [5, 5.41) is 6.52. The highest BCUT2D eigenvalue weighted by Crippen LogP contribution is 2.16. The second kappa shape index (κ2) is 13.9. The summed E-state index contributed by atoms with van der Waals surface area (Å²) in [6.45, 7) is 12.9. The maximum Gasteiger partial charge on any atom is 0.191 e. The zero-order valence-electron chi connectivity index (χ0n) is 17.1. The Balaban J connectivity index is 0.00000392.